The Balaban J connectivity index is 1.77. The van der Waals surface area contributed by atoms with E-state index < -0.39 is 17.9 Å². The molecule has 1 aliphatic heterocycles. The van der Waals surface area contributed by atoms with Crippen molar-refractivity contribution in [3.8, 4) is 0 Å². The number of carbonyl (C=O) groups excluding carboxylic acids is 1. The number of ether oxygens (including phenoxy) is 1. The monoisotopic (exact) mass is 397 g/mol. The number of amides is 1. The van der Waals surface area contributed by atoms with Gasteiger partial charge in [0.15, 0.2) is 0 Å². The Morgan fingerprint density at radius 3 is 2.75 bits per heavy atom. The predicted molar refractivity (Wildman–Crippen MR) is 93.8 cm³/mol. The van der Waals surface area contributed by atoms with Crippen LogP contribution < -0.4 is 0 Å². The number of para-hydroxylation sites is 1. The van der Waals surface area contributed by atoms with Gasteiger partial charge in [0.1, 0.15) is 16.4 Å². The van der Waals surface area contributed by atoms with Crippen molar-refractivity contribution in [2.75, 3.05) is 13.1 Å². The molecule has 130 valence electrons. The van der Waals surface area contributed by atoms with Crippen LogP contribution in [-0.4, -0.2) is 45.6 Å². The lowest BCUT2D eigenvalue weighted by Gasteiger charge is -2.35. The first kappa shape index (κ1) is 17.2. The molecule has 0 saturated carbocycles. The Labute approximate surface area is 148 Å². The van der Waals surface area contributed by atoms with E-state index in [9.17, 15) is 9.18 Å². The summed E-state index contributed by atoms with van der Waals surface area (Å²) in [6.45, 7) is 5.88. The van der Waals surface area contributed by atoms with E-state index in [4.69, 9.17) is 4.74 Å². The average Bonchev–Trinajstić information content (AvgIpc) is 2.83. The average molecular weight is 398 g/mol. The highest BCUT2D eigenvalue weighted by atomic mass is 79.9. The molecule has 1 aromatic heterocycles. The maximum absolute atomic E-state index is 14.8. The molecule has 0 radical (unpaired) electrons. The molecule has 7 heteroatoms. The van der Waals surface area contributed by atoms with Crippen molar-refractivity contribution < 1.29 is 13.9 Å². The molecule has 2 atom stereocenters. The van der Waals surface area contributed by atoms with Gasteiger partial charge in [-0.05, 0) is 49.2 Å². The number of piperidine rings is 1. The Hall–Kier alpha value is -1.63. The molecule has 1 fully saturated rings. The van der Waals surface area contributed by atoms with Gasteiger partial charge in [-0.1, -0.05) is 18.2 Å². The first-order chi connectivity index (χ1) is 11.3. The number of hydrogen-bond acceptors (Lipinski definition) is 3. The van der Waals surface area contributed by atoms with Gasteiger partial charge < -0.3 is 9.64 Å². The van der Waals surface area contributed by atoms with Crippen LogP contribution in [0.1, 0.15) is 33.2 Å². The number of aromatic nitrogens is 2. The van der Waals surface area contributed by atoms with Crippen LogP contribution in [0.5, 0.6) is 0 Å². The smallest absolute Gasteiger partial charge is 0.410 e. The molecule has 1 amide bonds. The first-order valence-corrected chi connectivity index (χ1v) is 8.80. The van der Waals surface area contributed by atoms with Crippen LogP contribution in [0.15, 0.2) is 28.9 Å². The highest BCUT2D eigenvalue weighted by Gasteiger charge is 2.35. The SMILES string of the molecule is CC(C)(C)OC(=O)N1CC[C@H](n2nc(Br)c3ccccc32)[C@H](F)C1. The third-order valence-corrected chi connectivity index (χ3v) is 4.63. The van der Waals surface area contributed by atoms with Gasteiger partial charge in [0.2, 0.25) is 0 Å². The molecule has 0 aliphatic carbocycles. The van der Waals surface area contributed by atoms with E-state index in [1.165, 1.54) is 4.90 Å². The number of benzene rings is 1. The molecule has 1 saturated heterocycles. The number of fused-ring (bicyclic) bond motifs is 1. The second-order valence-corrected chi connectivity index (χ2v) is 7.80. The van der Waals surface area contributed by atoms with E-state index in [0.717, 1.165) is 10.9 Å². The van der Waals surface area contributed by atoms with Gasteiger partial charge in [0.25, 0.3) is 0 Å². The second-order valence-electron chi connectivity index (χ2n) is 7.05. The summed E-state index contributed by atoms with van der Waals surface area (Å²) in [5, 5.41) is 5.41. The molecule has 3 rings (SSSR count). The Kier molecular flexibility index (Phi) is 4.55. The van der Waals surface area contributed by atoms with Gasteiger partial charge in [-0.15, -0.1) is 0 Å². The molecular weight excluding hydrogens is 377 g/mol. The van der Waals surface area contributed by atoms with E-state index in [1.807, 2.05) is 24.3 Å². The topological polar surface area (TPSA) is 47.4 Å². The van der Waals surface area contributed by atoms with Gasteiger partial charge in [-0.3, -0.25) is 4.68 Å². The molecule has 2 aromatic rings. The highest BCUT2D eigenvalue weighted by Crippen LogP contribution is 2.32. The van der Waals surface area contributed by atoms with Gasteiger partial charge in [0.05, 0.1) is 18.1 Å². The fourth-order valence-corrected chi connectivity index (χ4v) is 3.47. The zero-order valence-corrected chi connectivity index (χ0v) is 15.6. The molecule has 24 heavy (non-hydrogen) atoms. The fourth-order valence-electron chi connectivity index (χ4n) is 2.96. The van der Waals surface area contributed by atoms with Crippen molar-refractivity contribution in [1.29, 1.82) is 0 Å². The van der Waals surface area contributed by atoms with Crippen molar-refractivity contribution in [2.24, 2.45) is 0 Å². The number of likely N-dealkylation sites (tertiary alicyclic amines) is 1. The van der Waals surface area contributed by atoms with Gasteiger partial charge >= 0.3 is 6.09 Å². The van der Waals surface area contributed by atoms with E-state index in [-0.39, 0.29) is 12.6 Å². The second kappa shape index (κ2) is 6.35. The van der Waals surface area contributed by atoms with Crippen LogP contribution in [0, 0.1) is 0 Å². The summed E-state index contributed by atoms with van der Waals surface area (Å²) in [4.78, 5) is 13.6. The van der Waals surface area contributed by atoms with Gasteiger partial charge in [-0.2, -0.15) is 5.10 Å². The standard InChI is InChI=1S/C17H21BrFN3O2/c1-17(2,3)24-16(23)21-9-8-14(12(19)10-21)22-13-7-5-4-6-11(13)15(18)20-22/h4-7,12,14H,8-10H2,1-3H3/t12-,14+/m1/s1. The number of halogens is 2. The van der Waals surface area contributed by atoms with Crippen molar-refractivity contribution in [3.63, 3.8) is 0 Å². The summed E-state index contributed by atoms with van der Waals surface area (Å²) in [6.07, 6.45) is -1.16. The molecule has 0 spiro atoms. The largest absolute Gasteiger partial charge is 0.444 e. The lowest BCUT2D eigenvalue weighted by molar-refractivity contribution is 0.00611. The zero-order chi connectivity index (χ0) is 17.5. The summed E-state index contributed by atoms with van der Waals surface area (Å²) in [6, 6.07) is 7.33. The van der Waals surface area contributed by atoms with Crippen LogP contribution in [0.3, 0.4) is 0 Å². The summed E-state index contributed by atoms with van der Waals surface area (Å²) in [7, 11) is 0. The Morgan fingerprint density at radius 1 is 1.38 bits per heavy atom. The van der Waals surface area contributed by atoms with Crippen LogP contribution in [0.2, 0.25) is 0 Å². The normalized spacial score (nSPS) is 22.0. The minimum atomic E-state index is -1.19. The molecule has 0 N–H and O–H groups in total. The predicted octanol–water partition coefficient (Wildman–Crippen LogP) is 4.32. The first-order valence-electron chi connectivity index (χ1n) is 8.01. The van der Waals surface area contributed by atoms with Crippen molar-refractivity contribution >= 4 is 32.9 Å². The third kappa shape index (κ3) is 3.41. The molecule has 0 bridgehead atoms. The summed E-state index contributed by atoms with van der Waals surface area (Å²) in [5.41, 5.74) is 0.311. The molecule has 5 nitrogen and oxygen atoms in total. The quantitative estimate of drug-likeness (QED) is 0.719. The van der Waals surface area contributed by atoms with Crippen LogP contribution in [-0.2, 0) is 4.74 Å². The molecule has 2 heterocycles. The van der Waals surface area contributed by atoms with Gasteiger partial charge in [0, 0.05) is 11.9 Å². The Morgan fingerprint density at radius 2 is 2.08 bits per heavy atom. The maximum atomic E-state index is 14.8. The highest BCUT2D eigenvalue weighted by molar-refractivity contribution is 9.10. The lowest BCUT2D eigenvalue weighted by atomic mass is 10.0. The Bertz CT molecular complexity index is 756. The molecule has 1 aromatic carbocycles. The number of nitrogens with zero attached hydrogens (tertiary/aromatic N) is 3. The van der Waals surface area contributed by atoms with Crippen molar-refractivity contribution in [2.45, 2.75) is 45.0 Å². The van der Waals surface area contributed by atoms with Crippen LogP contribution in [0.25, 0.3) is 10.9 Å². The van der Waals surface area contributed by atoms with E-state index in [1.54, 1.807) is 25.5 Å². The van der Waals surface area contributed by atoms with E-state index in [2.05, 4.69) is 21.0 Å². The third-order valence-electron chi connectivity index (χ3n) is 4.04. The summed E-state index contributed by atoms with van der Waals surface area (Å²) < 4.78 is 22.6. The van der Waals surface area contributed by atoms with Crippen LogP contribution >= 0.6 is 15.9 Å². The molecule has 0 unspecified atom stereocenters. The number of hydrogen-bond donors (Lipinski definition) is 0. The van der Waals surface area contributed by atoms with E-state index >= 15 is 0 Å². The minimum absolute atomic E-state index is 0.0192. The van der Waals surface area contributed by atoms with E-state index in [0.29, 0.717) is 17.6 Å². The lowest BCUT2D eigenvalue weighted by Crippen LogP contribution is -2.47. The minimum Gasteiger partial charge on any atom is -0.444 e. The number of carbonyl (C=O) groups is 1. The van der Waals surface area contributed by atoms with Gasteiger partial charge in [-0.25, -0.2) is 9.18 Å². The fraction of sp³-hybridized carbons (Fsp3) is 0.529. The zero-order valence-electron chi connectivity index (χ0n) is 14.0. The molecule has 1 aliphatic rings. The summed E-state index contributed by atoms with van der Waals surface area (Å²) in [5.74, 6) is 0. The number of alkyl halides is 1. The molecular formula is C17H21BrFN3O2. The van der Waals surface area contributed by atoms with Crippen LogP contribution in [0.4, 0.5) is 9.18 Å². The summed E-state index contributed by atoms with van der Waals surface area (Å²) >= 11 is 3.43. The van der Waals surface area contributed by atoms with Crippen molar-refractivity contribution in [3.05, 3.63) is 28.9 Å². The van der Waals surface area contributed by atoms with Crippen molar-refractivity contribution in [1.82, 2.24) is 14.7 Å². The maximum Gasteiger partial charge on any atom is 0.410 e. The number of rotatable bonds is 1.